The maximum atomic E-state index is 4.81. The number of anilines is 2. The first-order valence-electron chi connectivity index (χ1n) is 8.84. The predicted octanol–water partition coefficient (Wildman–Crippen LogP) is 3.49. The third-order valence-electron chi connectivity index (χ3n) is 3.97. The molecule has 24 heavy (non-hydrogen) atoms. The lowest BCUT2D eigenvalue weighted by Crippen LogP contribution is -2.28. The van der Waals surface area contributed by atoms with Crippen molar-refractivity contribution in [1.82, 2.24) is 15.0 Å². The standard InChI is InChI=1S/C19H29N5/c1-5-12-24(13-6-2)18-15-16(3)21-19(22-18)23(4)14-9-17-7-10-20-11-8-17/h7-8,10-11,15H,5-6,9,12-14H2,1-4H3. The molecule has 0 aliphatic rings. The van der Waals surface area contributed by atoms with E-state index in [9.17, 15) is 0 Å². The summed E-state index contributed by atoms with van der Waals surface area (Å²) in [6.07, 6.45) is 6.87. The summed E-state index contributed by atoms with van der Waals surface area (Å²) in [7, 11) is 2.06. The molecule has 0 bridgehead atoms. The normalized spacial score (nSPS) is 10.7. The van der Waals surface area contributed by atoms with Crippen LogP contribution in [0.15, 0.2) is 30.6 Å². The first-order valence-corrected chi connectivity index (χ1v) is 8.84. The second-order valence-corrected chi connectivity index (χ2v) is 6.18. The Labute approximate surface area is 145 Å². The largest absolute Gasteiger partial charge is 0.356 e. The van der Waals surface area contributed by atoms with Gasteiger partial charge in [-0.25, -0.2) is 4.98 Å². The maximum Gasteiger partial charge on any atom is 0.227 e. The number of nitrogens with zero attached hydrogens (tertiary/aromatic N) is 5. The monoisotopic (exact) mass is 327 g/mol. The van der Waals surface area contributed by atoms with Gasteiger partial charge in [0, 0.05) is 50.8 Å². The Morgan fingerprint density at radius 1 is 0.958 bits per heavy atom. The fourth-order valence-corrected chi connectivity index (χ4v) is 2.70. The van der Waals surface area contributed by atoms with Crippen molar-refractivity contribution in [1.29, 1.82) is 0 Å². The van der Waals surface area contributed by atoms with Crippen molar-refractivity contribution in [2.75, 3.05) is 36.5 Å². The lowest BCUT2D eigenvalue weighted by atomic mass is 10.2. The van der Waals surface area contributed by atoms with Crippen LogP contribution in [0.1, 0.15) is 37.9 Å². The van der Waals surface area contributed by atoms with Gasteiger partial charge in [0.05, 0.1) is 0 Å². The van der Waals surface area contributed by atoms with E-state index >= 15 is 0 Å². The number of aryl methyl sites for hydroxylation is 1. The highest BCUT2D eigenvalue weighted by molar-refractivity contribution is 5.45. The van der Waals surface area contributed by atoms with E-state index in [1.165, 1.54) is 5.56 Å². The fraction of sp³-hybridized carbons (Fsp3) is 0.526. The number of rotatable bonds is 9. The van der Waals surface area contributed by atoms with E-state index in [4.69, 9.17) is 4.98 Å². The molecule has 2 aromatic rings. The zero-order valence-corrected chi connectivity index (χ0v) is 15.4. The van der Waals surface area contributed by atoms with E-state index in [1.807, 2.05) is 19.3 Å². The van der Waals surface area contributed by atoms with Crippen molar-refractivity contribution in [3.05, 3.63) is 41.9 Å². The number of hydrogen-bond donors (Lipinski definition) is 0. The van der Waals surface area contributed by atoms with Gasteiger partial charge in [-0.3, -0.25) is 4.98 Å². The van der Waals surface area contributed by atoms with Crippen LogP contribution in [0.2, 0.25) is 0 Å². The fourth-order valence-electron chi connectivity index (χ4n) is 2.70. The summed E-state index contributed by atoms with van der Waals surface area (Å²) in [4.78, 5) is 18.0. The molecule has 0 unspecified atom stereocenters. The Morgan fingerprint density at radius 2 is 1.62 bits per heavy atom. The van der Waals surface area contributed by atoms with Crippen molar-refractivity contribution >= 4 is 11.8 Å². The van der Waals surface area contributed by atoms with Crippen LogP contribution < -0.4 is 9.80 Å². The lowest BCUT2D eigenvalue weighted by Gasteiger charge is -2.25. The topological polar surface area (TPSA) is 45.2 Å². The average Bonchev–Trinajstić information content (AvgIpc) is 2.60. The zero-order chi connectivity index (χ0) is 17.4. The second kappa shape index (κ2) is 9.21. The Balaban J connectivity index is 2.11. The summed E-state index contributed by atoms with van der Waals surface area (Å²) >= 11 is 0. The van der Waals surface area contributed by atoms with Gasteiger partial charge >= 0.3 is 0 Å². The molecule has 0 atom stereocenters. The Morgan fingerprint density at radius 3 is 2.25 bits per heavy atom. The summed E-state index contributed by atoms with van der Waals surface area (Å²) in [6, 6.07) is 6.20. The van der Waals surface area contributed by atoms with Crippen LogP contribution in [0.4, 0.5) is 11.8 Å². The van der Waals surface area contributed by atoms with Gasteiger partial charge in [0.15, 0.2) is 0 Å². The van der Waals surface area contributed by atoms with Crippen LogP contribution in [0.25, 0.3) is 0 Å². The summed E-state index contributed by atoms with van der Waals surface area (Å²) in [5.41, 5.74) is 2.30. The Hall–Kier alpha value is -2.17. The van der Waals surface area contributed by atoms with Crippen LogP contribution in [0.3, 0.4) is 0 Å². The predicted molar refractivity (Wildman–Crippen MR) is 101 cm³/mol. The third kappa shape index (κ3) is 5.18. The van der Waals surface area contributed by atoms with Crippen LogP contribution in [-0.4, -0.2) is 41.6 Å². The first-order chi connectivity index (χ1) is 11.6. The molecule has 0 saturated heterocycles. The number of pyridine rings is 1. The maximum absolute atomic E-state index is 4.81. The molecule has 0 aliphatic heterocycles. The molecule has 2 heterocycles. The highest BCUT2D eigenvalue weighted by Gasteiger charge is 2.12. The van der Waals surface area contributed by atoms with Gasteiger partial charge in [0.25, 0.3) is 0 Å². The molecule has 5 heteroatoms. The molecule has 0 aliphatic carbocycles. The SMILES string of the molecule is CCCN(CCC)c1cc(C)nc(N(C)CCc2ccncc2)n1. The minimum absolute atomic E-state index is 0.802. The molecule has 0 radical (unpaired) electrons. The molecular formula is C19H29N5. The molecule has 0 spiro atoms. The van der Waals surface area contributed by atoms with Gasteiger partial charge in [-0.15, -0.1) is 0 Å². The number of hydrogen-bond acceptors (Lipinski definition) is 5. The Kier molecular flexibility index (Phi) is 6.97. The quantitative estimate of drug-likeness (QED) is 0.705. The van der Waals surface area contributed by atoms with E-state index in [-0.39, 0.29) is 0 Å². The summed E-state index contributed by atoms with van der Waals surface area (Å²) < 4.78 is 0. The van der Waals surface area contributed by atoms with Gasteiger partial charge in [-0.2, -0.15) is 4.98 Å². The van der Waals surface area contributed by atoms with Gasteiger partial charge in [0.2, 0.25) is 5.95 Å². The molecule has 0 saturated carbocycles. The van der Waals surface area contributed by atoms with Crippen molar-refractivity contribution in [2.45, 2.75) is 40.0 Å². The summed E-state index contributed by atoms with van der Waals surface area (Å²) in [5, 5.41) is 0. The highest BCUT2D eigenvalue weighted by Crippen LogP contribution is 2.18. The minimum atomic E-state index is 0.802. The molecule has 5 nitrogen and oxygen atoms in total. The Bertz CT molecular complexity index is 608. The van der Waals surface area contributed by atoms with Crippen LogP contribution in [0, 0.1) is 6.92 Å². The average molecular weight is 327 g/mol. The number of aromatic nitrogens is 3. The van der Waals surface area contributed by atoms with Gasteiger partial charge in [0.1, 0.15) is 5.82 Å². The minimum Gasteiger partial charge on any atom is -0.356 e. The smallest absolute Gasteiger partial charge is 0.227 e. The molecule has 0 N–H and O–H groups in total. The first kappa shape index (κ1) is 18.2. The summed E-state index contributed by atoms with van der Waals surface area (Å²) in [5.74, 6) is 1.84. The van der Waals surface area contributed by atoms with E-state index < -0.39 is 0 Å². The van der Waals surface area contributed by atoms with Gasteiger partial charge < -0.3 is 9.80 Å². The molecule has 130 valence electrons. The molecule has 0 fully saturated rings. The molecule has 0 amide bonds. The molecule has 0 aromatic carbocycles. The van der Waals surface area contributed by atoms with Crippen LogP contribution in [0.5, 0.6) is 0 Å². The van der Waals surface area contributed by atoms with Gasteiger partial charge in [-0.1, -0.05) is 13.8 Å². The van der Waals surface area contributed by atoms with Crippen molar-refractivity contribution in [3.8, 4) is 0 Å². The van der Waals surface area contributed by atoms with Crippen molar-refractivity contribution in [2.24, 2.45) is 0 Å². The second-order valence-electron chi connectivity index (χ2n) is 6.18. The summed E-state index contributed by atoms with van der Waals surface area (Å²) in [6.45, 7) is 9.40. The third-order valence-corrected chi connectivity index (χ3v) is 3.97. The van der Waals surface area contributed by atoms with E-state index in [0.29, 0.717) is 0 Å². The molecular weight excluding hydrogens is 298 g/mol. The van der Waals surface area contributed by atoms with Crippen LogP contribution >= 0.6 is 0 Å². The van der Waals surface area contributed by atoms with Crippen LogP contribution in [-0.2, 0) is 6.42 Å². The lowest BCUT2D eigenvalue weighted by molar-refractivity contribution is 0.728. The van der Waals surface area contributed by atoms with Crippen molar-refractivity contribution < 1.29 is 0 Å². The molecule has 2 aromatic heterocycles. The van der Waals surface area contributed by atoms with E-state index in [0.717, 1.165) is 56.4 Å². The van der Waals surface area contributed by atoms with E-state index in [1.54, 1.807) is 0 Å². The zero-order valence-electron chi connectivity index (χ0n) is 15.4. The molecule has 2 rings (SSSR count). The number of likely N-dealkylation sites (N-methyl/N-ethyl adjacent to an activating group) is 1. The van der Waals surface area contributed by atoms with Crippen molar-refractivity contribution in [3.63, 3.8) is 0 Å². The van der Waals surface area contributed by atoms with Gasteiger partial charge in [-0.05, 0) is 43.9 Å². The highest BCUT2D eigenvalue weighted by atomic mass is 15.3. The van der Waals surface area contributed by atoms with E-state index in [2.05, 4.69) is 58.9 Å².